The number of hydrogen-bond acceptors (Lipinski definition) is 3. The fourth-order valence-corrected chi connectivity index (χ4v) is 1.82. The third-order valence-electron chi connectivity index (χ3n) is 2.39. The van der Waals surface area contributed by atoms with E-state index in [-0.39, 0.29) is 11.9 Å². The number of methoxy groups -OCH3 is 1. The first-order valence-corrected chi connectivity index (χ1v) is 6.19. The molecule has 0 bridgehead atoms. The molecule has 0 radical (unpaired) electrons. The summed E-state index contributed by atoms with van der Waals surface area (Å²) in [7, 11) is 1.61. The largest absolute Gasteiger partial charge is 0.383 e. The standard InChI is InChI=1S/C12H16ClNO2S/c1-3-8(7-16-2)14-12(15)10-6-9(17)4-5-11(10)13/h4-6,8,17H,3,7H2,1-2H3,(H,14,15). The third-order valence-corrected chi connectivity index (χ3v) is 3.00. The summed E-state index contributed by atoms with van der Waals surface area (Å²) >= 11 is 10.2. The summed E-state index contributed by atoms with van der Waals surface area (Å²) in [5.41, 5.74) is 0.439. The number of hydrogen-bond donors (Lipinski definition) is 2. The summed E-state index contributed by atoms with van der Waals surface area (Å²) in [6, 6.07) is 5.05. The van der Waals surface area contributed by atoms with Gasteiger partial charge in [0.1, 0.15) is 0 Å². The fourth-order valence-electron chi connectivity index (χ4n) is 1.41. The lowest BCUT2D eigenvalue weighted by Gasteiger charge is -2.16. The highest BCUT2D eigenvalue weighted by Crippen LogP contribution is 2.19. The van der Waals surface area contributed by atoms with Crippen molar-refractivity contribution in [3.8, 4) is 0 Å². The quantitative estimate of drug-likeness (QED) is 0.810. The van der Waals surface area contributed by atoms with Gasteiger partial charge in [-0.3, -0.25) is 4.79 Å². The molecule has 0 saturated carbocycles. The number of nitrogens with one attached hydrogen (secondary N) is 1. The first-order chi connectivity index (χ1) is 8.08. The van der Waals surface area contributed by atoms with Crippen LogP contribution < -0.4 is 5.32 Å². The Kier molecular flexibility index (Phi) is 5.82. The summed E-state index contributed by atoms with van der Waals surface area (Å²) in [5.74, 6) is -0.199. The second kappa shape index (κ2) is 6.89. The van der Waals surface area contributed by atoms with Crippen molar-refractivity contribution in [3.63, 3.8) is 0 Å². The van der Waals surface area contributed by atoms with Gasteiger partial charge in [0, 0.05) is 12.0 Å². The Morgan fingerprint density at radius 1 is 1.59 bits per heavy atom. The fraction of sp³-hybridized carbons (Fsp3) is 0.417. The Bertz CT molecular complexity index is 398. The normalized spacial score (nSPS) is 12.2. The summed E-state index contributed by atoms with van der Waals surface area (Å²) in [6.07, 6.45) is 0.803. The van der Waals surface area contributed by atoms with E-state index in [0.29, 0.717) is 22.1 Å². The monoisotopic (exact) mass is 273 g/mol. The Balaban J connectivity index is 2.78. The van der Waals surface area contributed by atoms with Gasteiger partial charge in [0.25, 0.3) is 5.91 Å². The van der Waals surface area contributed by atoms with Crippen LogP contribution in [0, 0.1) is 0 Å². The number of carbonyl (C=O) groups is 1. The van der Waals surface area contributed by atoms with Crippen LogP contribution in [0.2, 0.25) is 5.02 Å². The number of thiol groups is 1. The zero-order chi connectivity index (χ0) is 12.8. The van der Waals surface area contributed by atoms with E-state index in [9.17, 15) is 4.79 Å². The molecule has 1 rings (SSSR count). The van der Waals surface area contributed by atoms with Crippen molar-refractivity contribution in [3.05, 3.63) is 28.8 Å². The van der Waals surface area contributed by atoms with Gasteiger partial charge in [-0.1, -0.05) is 18.5 Å². The van der Waals surface area contributed by atoms with Crippen molar-refractivity contribution in [2.24, 2.45) is 0 Å². The molecule has 0 aliphatic carbocycles. The number of carbonyl (C=O) groups excluding carboxylic acids is 1. The summed E-state index contributed by atoms with van der Waals surface area (Å²) < 4.78 is 5.02. The number of halogens is 1. The van der Waals surface area contributed by atoms with Crippen LogP contribution in [-0.4, -0.2) is 25.7 Å². The Hall–Kier alpha value is -0.710. The van der Waals surface area contributed by atoms with Crippen LogP contribution in [0.1, 0.15) is 23.7 Å². The minimum absolute atomic E-state index is 0.00728. The van der Waals surface area contributed by atoms with Gasteiger partial charge in [-0.2, -0.15) is 0 Å². The molecule has 0 aliphatic heterocycles. The molecule has 1 amide bonds. The molecular weight excluding hydrogens is 258 g/mol. The zero-order valence-electron chi connectivity index (χ0n) is 9.87. The molecule has 1 N–H and O–H groups in total. The van der Waals surface area contributed by atoms with E-state index in [1.165, 1.54) is 0 Å². The summed E-state index contributed by atoms with van der Waals surface area (Å²) in [6.45, 7) is 2.47. The lowest BCUT2D eigenvalue weighted by Crippen LogP contribution is -2.37. The molecule has 0 heterocycles. The van der Waals surface area contributed by atoms with Crippen molar-refractivity contribution in [2.75, 3.05) is 13.7 Å². The van der Waals surface area contributed by atoms with Crippen molar-refractivity contribution < 1.29 is 9.53 Å². The van der Waals surface area contributed by atoms with E-state index in [1.807, 2.05) is 6.92 Å². The highest BCUT2D eigenvalue weighted by atomic mass is 35.5. The molecule has 0 aliphatic rings. The first kappa shape index (κ1) is 14.4. The Morgan fingerprint density at radius 3 is 2.88 bits per heavy atom. The highest BCUT2D eigenvalue weighted by Gasteiger charge is 2.14. The maximum atomic E-state index is 12.0. The van der Waals surface area contributed by atoms with Crippen LogP contribution in [0.25, 0.3) is 0 Å². The van der Waals surface area contributed by atoms with Crippen molar-refractivity contribution >= 4 is 30.1 Å². The molecule has 0 fully saturated rings. The highest BCUT2D eigenvalue weighted by molar-refractivity contribution is 7.80. The lowest BCUT2D eigenvalue weighted by atomic mass is 10.1. The minimum Gasteiger partial charge on any atom is -0.383 e. The van der Waals surface area contributed by atoms with Crippen LogP contribution in [-0.2, 0) is 4.74 Å². The number of ether oxygens (including phenoxy) is 1. The van der Waals surface area contributed by atoms with Gasteiger partial charge >= 0.3 is 0 Å². The van der Waals surface area contributed by atoms with Crippen LogP contribution in [0.3, 0.4) is 0 Å². The molecule has 5 heteroatoms. The smallest absolute Gasteiger partial charge is 0.253 e. The van der Waals surface area contributed by atoms with E-state index in [0.717, 1.165) is 6.42 Å². The van der Waals surface area contributed by atoms with Gasteiger partial charge in [-0.05, 0) is 24.6 Å². The van der Waals surface area contributed by atoms with Gasteiger partial charge < -0.3 is 10.1 Å². The molecule has 94 valence electrons. The van der Waals surface area contributed by atoms with E-state index >= 15 is 0 Å². The predicted molar refractivity (Wildman–Crippen MR) is 72.1 cm³/mol. The van der Waals surface area contributed by atoms with Crippen molar-refractivity contribution in [1.82, 2.24) is 5.32 Å². The molecule has 0 aromatic heterocycles. The van der Waals surface area contributed by atoms with Gasteiger partial charge in [0.05, 0.1) is 23.2 Å². The van der Waals surface area contributed by atoms with E-state index < -0.39 is 0 Å². The van der Waals surface area contributed by atoms with Gasteiger partial charge in [0.15, 0.2) is 0 Å². The van der Waals surface area contributed by atoms with Gasteiger partial charge in [-0.25, -0.2) is 0 Å². The molecule has 0 spiro atoms. The second-order valence-electron chi connectivity index (χ2n) is 3.70. The molecule has 1 atom stereocenters. The average Bonchev–Trinajstić information content (AvgIpc) is 2.31. The maximum absolute atomic E-state index is 12.0. The molecule has 17 heavy (non-hydrogen) atoms. The lowest BCUT2D eigenvalue weighted by molar-refractivity contribution is 0.0894. The maximum Gasteiger partial charge on any atom is 0.253 e. The molecule has 1 aromatic rings. The summed E-state index contributed by atoms with van der Waals surface area (Å²) in [4.78, 5) is 12.7. The van der Waals surface area contributed by atoms with Crippen LogP contribution in [0.4, 0.5) is 0 Å². The topological polar surface area (TPSA) is 38.3 Å². The number of benzene rings is 1. The van der Waals surface area contributed by atoms with Crippen LogP contribution in [0.5, 0.6) is 0 Å². The van der Waals surface area contributed by atoms with Gasteiger partial charge in [-0.15, -0.1) is 12.6 Å². The first-order valence-electron chi connectivity index (χ1n) is 5.36. The predicted octanol–water partition coefficient (Wildman–Crippen LogP) is 2.78. The molecular formula is C12H16ClNO2S. The summed E-state index contributed by atoms with van der Waals surface area (Å²) in [5, 5.41) is 3.29. The zero-order valence-corrected chi connectivity index (χ0v) is 11.5. The molecule has 1 unspecified atom stereocenters. The van der Waals surface area contributed by atoms with Crippen molar-refractivity contribution in [2.45, 2.75) is 24.3 Å². The Morgan fingerprint density at radius 2 is 2.29 bits per heavy atom. The third kappa shape index (κ3) is 4.22. The van der Waals surface area contributed by atoms with Crippen LogP contribution >= 0.6 is 24.2 Å². The van der Waals surface area contributed by atoms with E-state index in [4.69, 9.17) is 16.3 Å². The molecule has 3 nitrogen and oxygen atoms in total. The van der Waals surface area contributed by atoms with Crippen molar-refractivity contribution in [1.29, 1.82) is 0 Å². The SMILES string of the molecule is CCC(COC)NC(=O)c1cc(S)ccc1Cl. The molecule has 1 aromatic carbocycles. The van der Waals surface area contributed by atoms with E-state index in [2.05, 4.69) is 17.9 Å². The Labute approximate surface area is 112 Å². The van der Waals surface area contributed by atoms with Gasteiger partial charge in [0.2, 0.25) is 0 Å². The number of rotatable bonds is 5. The average molecular weight is 274 g/mol. The molecule has 0 saturated heterocycles. The minimum atomic E-state index is -0.199. The number of amides is 1. The van der Waals surface area contributed by atoms with E-state index in [1.54, 1.807) is 25.3 Å². The second-order valence-corrected chi connectivity index (χ2v) is 4.62. The van der Waals surface area contributed by atoms with Crippen LogP contribution in [0.15, 0.2) is 23.1 Å².